The van der Waals surface area contributed by atoms with Crippen LogP contribution >= 0.6 is 12.4 Å². The Kier molecular flexibility index (Phi) is 9.21. The fourth-order valence-corrected chi connectivity index (χ4v) is 1.49. The summed E-state index contributed by atoms with van der Waals surface area (Å²) in [6.45, 7) is 5.09. The zero-order chi connectivity index (χ0) is 13.4. The summed E-state index contributed by atoms with van der Waals surface area (Å²) in [5.41, 5.74) is 7.23. The van der Waals surface area contributed by atoms with Crippen molar-refractivity contribution < 1.29 is 9.53 Å². The molecule has 0 aliphatic carbocycles. The van der Waals surface area contributed by atoms with Crippen LogP contribution in [0.3, 0.4) is 0 Å². The summed E-state index contributed by atoms with van der Waals surface area (Å²) in [7, 11) is 0. The highest BCUT2D eigenvalue weighted by Crippen LogP contribution is 2.12. The summed E-state index contributed by atoms with van der Waals surface area (Å²) in [6, 6.07) is 7.71. The van der Waals surface area contributed by atoms with Crippen LogP contribution in [0.15, 0.2) is 24.3 Å². The van der Waals surface area contributed by atoms with E-state index < -0.39 is 0 Å². The van der Waals surface area contributed by atoms with Gasteiger partial charge in [-0.25, -0.2) is 0 Å². The van der Waals surface area contributed by atoms with Crippen LogP contribution in [0.2, 0.25) is 0 Å². The lowest BCUT2D eigenvalue weighted by molar-refractivity contribution is -0.116. The maximum absolute atomic E-state index is 11.6. The average Bonchev–Trinajstić information content (AvgIpc) is 2.34. The summed E-state index contributed by atoms with van der Waals surface area (Å²) in [5, 5.41) is 2.85. The van der Waals surface area contributed by atoms with Crippen LogP contribution in [0.25, 0.3) is 0 Å². The number of hydrogen-bond acceptors (Lipinski definition) is 3. The molecule has 19 heavy (non-hydrogen) atoms. The number of rotatable bonds is 7. The molecule has 0 spiro atoms. The van der Waals surface area contributed by atoms with E-state index in [0.717, 1.165) is 11.3 Å². The van der Waals surface area contributed by atoms with Gasteiger partial charge >= 0.3 is 0 Å². The topological polar surface area (TPSA) is 64.3 Å². The molecule has 0 atom stereocenters. The van der Waals surface area contributed by atoms with Gasteiger partial charge in [0.25, 0.3) is 0 Å². The zero-order valence-electron chi connectivity index (χ0n) is 11.5. The Bertz CT molecular complexity index is 383. The highest BCUT2D eigenvalue weighted by Gasteiger charge is 2.03. The van der Waals surface area contributed by atoms with Crippen LogP contribution in [0.1, 0.15) is 32.3 Å². The fraction of sp³-hybridized carbons (Fsp3) is 0.500. The Labute approximate surface area is 121 Å². The van der Waals surface area contributed by atoms with Gasteiger partial charge in [0.15, 0.2) is 0 Å². The van der Waals surface area contributed by atoms with E-state index in [1.54, 1.807) is 0 Å². The van der Waals surface area contributed by atoms with E-state index in [-0.39, 0.29) is 24.4 Å². The number of ether oxygens (including phenoxy) is 1. The molecule has 0 aliphatic heterocycles. The molecular weight excluding hydrogens is 264 g/mol. The highest BCUT2D eigenvalue weighted by molar-refractivity contribution is 5.90. The van der Waals surface area contributed by atoms with Gasteiger partial charge in [0, 0.05) is 12.1 Å². The first-order chi connectivity index (χ1) is 8.61. The Morgan fingerprint density at radius 1 is 1.42 bits per heavy atom. The monoisotopic (exact) mass is 286 g/mol. The SMILES string of the molecule is CC(C)OCc1cccc(NC(=O)CCCN)c1.Cl. The van der Waals surface area contributed by atoms with Crippen molar-refractivity contribution in [2.24, 2.45) is 5.73 Å². The minimum atomic E-state index is 0. The molecule has 1 rings (SSSR count). The number of carbonyl (C=O) groups excluding carboxylic acids is 1. The normalized spacial score (nSPS) is 10.1. The fourth-order valence-electron chi connectivity index (χ4n) is 1.49. The van der Waals surface area contributed by atoms with Crippen molar-refractivity contribution >= 4 is 24.0 Å². The smallest absolute Gasteiger partial charge is 0.224 e. The molecule has 1 amide bonds. The minimum Gasteiger partial charge on any atom is -0.374 e. The predicted molar refractivity (Wildman–Crippen MR) is 80.5 cm³/mol. The molecule has 0 fully saturated rings. The van der Waals surface area contributed by atoms with Crippen molar-refractivity contribution in [3.8, 4) is 0 Å². The van der Waals surface area contributed by atoms with E-state index >= 15 is 0 Å². The number of anilines is 1. The molecule has 108 valence electrons. The lowest BCUT2D eigenvalue weighted by atomic mass is 10.2. The molecule has 1 aromatic carbocycles. The van der Waals surface area contributed by atoms with Gasteiger partial charge in [-0.15, -0.1) is 12.4 Å². The predicted octanol–water partition coefficient (Wildman–Crippen LogP) is 2.71. The van der Waals surface area contributed by atoms with Crippen LogP contribution < -0.4 is 11.1 Å². The second-order valence-corrected chi connectivity index (χ2v) is 4.50. The van der Waals surface area contributed by atoms with E-state index in [4.69, 9.17) is 10.5 Å². The van der Waals surface area contributed by atoms with E-state index in [1.807, 2.05) is 38.1 Å². The van der Waals surface area contributed by atoms with Gasteiger partial charge in [0.05, 0.1) is 12.7 Å². The largest absolute Gasteiger partial charge is 0.374 e. The molecule has 3 N–H and O–H groups in total. The van der Waals surface area contributed by atoms with Gasteiger partial charge in [-0.2, -0.15) is 0 Å². The molecule has 0 aliphatic rings. The number of amides is 1. The van der Waals surface area contributed by atoms with Crippen LogP contribution in [-0.4, -0.2) is 18.6 Å². The molecule has 1 aromatic rings. The van der Waals surface area contributed by atoms with E-state index in [0.29, 0.717) is 26.0 Å². The third-order valence-electron chi connectivity index (χ3n) is 2.40. The first kappa shape index (κ1) is 17.9. The number of carbonyl (C=O) groups is 1. The summed E-state index contributed by atoms with van der Waals surface area (Å²) in [6.07, 6.45) is 1.37. The number of hydrogen-bond donors (Lipinski definition) is 2. The molecule has 0 saturated carbocycles. The van der Waals surface area contributed by atoms with Gasteiger partial charge < -0.3 is 15.8 Å². The molecule has 0 unspecified atom stereocenters. The lowest BCUT2D eigenvalue weighted by Crippen LogP contribution is -2.13. The van der Waals surface area contributed by atoms with Crippen molar-refractivity contribution in [3.63, 3.8) is 0 Å². The first-order valence-corrected chi connectivity index (χ1v) is 6.32. The molecule has 0 radical (unpaired) electrons. The Hall–Kier alpha value is -1.10. The summed E-state index contributed by atoms with van der Waals surface area (Å²) >= 11 is 0. The second kappa shape index (κ2) is 9.78. The van der Waals surface area contributed by atoms with E-state index in [2.05, 4.69) is 5.32 Å². The Morgan fingerprint density at radius 3 is 2.79 bits per heavy atom. The van der Waals surface area contributed by atoms with Crippen molar-refractivity contribution in [2.45, 2.75) is 39.4 Å². The maximum atomic E-state index is 11.6. The third-order valence-corrected chi connectivity index (χ3v) is 2.40. The van der Waals surface area contributed by atoms with Gasteiger partial charge in [0.1, 0.15) is 0 Å². The van der Waals surface area contributed by atoms with Gasteiger partial charge in [-0.1, -0.05) is 12.1 Å². The number of nitrogens with two attached hydrogens (primary N) is 1. The Balaban J connectivity index is 0.00000324. The zero-order valence-corrected chi connectivity index (χ0v) is 12.3. The molecule has 4 nitrogen and oxygen atoms in total. The number of benzene rings is 1. The molecule has 0 bridgehead atoms. The standard InChI is InChI=1S/C14H22N2O2.ClH/c1-11(2)18-10-12-5-3-6-13(9-12)16-14(17)7-4-8-15;/h3,5-6,9,11H,4,7-8,10,15H2,1-2H3,(H,16,17);1H. The van der Waals surface area contributed by atoms with Crippen molar-refractivity contribution in [3.05, 3.63) is 29.8 Å². The molecular formula is C14H23ClN2O2. The quantitative estimate of drug-likeness (QED) is 0.810. The van der Waals surface area contributed by atoms with Crippen molar-refractivity contribution in [2.75, 3.05) is 11.9 Å². The van der Waals surface area contributed by atoms with E-state index in [9.17, 15) is 4.79 Å². The van der Waals surface area contributed by atoms with E-state index in [1.165, 1.54) is 0 Å². The molecule has 0 saturated heterocycles. The third kappa shape index (κ3) is 7.82. The van der Waals surface area contributed by atoms with Crippen molar-refractivity contribution in [1.82, 2.24) is 0 Å². The van der Waals surface area contributed by atoms with Gasteiger partial charge in [-0.3, -0.25) is 4.79 Å². The van der Waals surface area contributed by atoms with Crippen LogP contribution in [-0.2, 0) is 16.1 Å². The maximum Gasteiger partial charge on any atom is 0.224 e. The summed E-state index contributed by atoms with van der Waals surface area (Å²) < 4.78 is 5.52. The number of nitrogens with one attached hydrogen (secondary N) is 1. The van der Waals surface area contributed by atoms with Crippen LogP contribution in [0.4, 0.5) is 5.69 Å². The van der Waals surface area contributed by atoms with Crippen LogP contribution in [0.5, 0.6) is 0 Å². The summed E-state index contributed by atoms with van der Waals surface area (Å²) in [4.78, 5) is 11.6. The molecule has 0 aromatic heterocycles. The minimum absolute atomic E-state index is 0. The first-order valence-electron chi connectivity index (χ1n) is 6.32. The average molecular weight is 287 g/mol. The molecule has 0 heterocycles. The highest BCUT2D eigenvalue weighted by atomic mass is 35.5. The second-order valence-electron chi connectivity index (χ2n) is 4.50. The number of halogens is 1. The van der Waals surface area contributed by atoms with Crippen molar-refractivity contribution in [1.29, 1.82) is 0 Å². The Morgan fingerprint density at radius 2 is 2.16 bits per heavy atom. The lowest BCUT2D eigenvalue weighted by Gasteiger charge is -2.09. The summed E-state index contributed by atoms with van der Waals surface area (Å²) in [5.74, 6) is 0.00220. The van der Waals surface area contributed by atoms with Gasteiger partial charge in [0.2, 0.25) is 5.91 Å². The van der Waals surface area contributed by atoms with Crippen LogP contribution in [0, 0.1) is 0 Å². The van der Waals surface area contributed by atoms with Gasteiger partial charge in [-0.05, 0) is 44.5 Å². The molecule has 5 heteroatoms.